The number of amides is 2. The van der Waals surface area contributed by atoms with Crippen LogP contribution in [0.5, 0.6) is 0 Å². The number of para-hydroxylation sites is 1. The molecule has 2 heterocycles. The Morgan fingerprint density at radius 2 is 2.27 bits per heavy atom. The summed E-state index contributed by atoms with van der Waals surface area (Å²) in [7, 11) is 0. The number of fused-ring (bicyclic) bond motifs is 1. The molecule has 1 aliphatic rings. The fourth-order valence-corrected chi connectivity index (χ4v) is 3.11. The zero-order chi connectivity index (χ0) is 15.5. The van der Waals surface area contributed by atoms with Crippen LogP contribution in [0.4, 0.5) is 5.69 Å². The fourth-order valence-electron chi connectivity index (χ4n) is 2.17. The molecule has 2 amide bonds. The molecule has 2 aromatic rings. The number of rotatable bonds is 4. The number of aryl methyl sites for hydroxylation is 1. The van der Waals surface area contributed by atoms with E-state index in [1.807, 2.05) is 24.3 Å². The second-order valence-corrected chi connectivity index (χ2v) is 5.87. The van der Waals surface area contributed by atoms with Crippen LogP contribution in [0.1, 0.15) is 11.6 Å². The van der Waals surface area contributed by atoms with Crippen molar-refractivity contribution in [1.29, 1.82) is 0 Å². The normalized spacial score (nSPS) is 13.9. The van der Waals surface area contributed by atoms with Crippen molar-refractivity contribution in [3.05, 3.63) is 35.9 Å². The summed E-state index contributed by atoms with van der Waals surface area (Å²) < 4.78 is 0. The van der Waals surface area contributed by atoms with Crippen LogP contribution in [-0.2, 0) is 16.1 Å². The van der Waals surface area contributed by atoms with E-state index in [9.17, 15) is 9.59 Å². The van der Waals surface area contributed by atoms with Crippen LogP contribution in [0.15, 0.2) is 29.2 Å². The van der Waals surface area contributed by atoms with Gasteiger partial charge in [-0.2, -0.15) is 5.10 Å². The van der Waals surface area contributed by atoms with Gasteiger partial charge in [0.05, 0.1) is 18.0 Å². The summed E-state index contributed by atoms with van der Waals surface area (Å²) in [4.78, 5) is 30.8. The lowest BCUT2D eigenvalue weighted by atomic mass is 10.2. The predicted molar refractivity (Wildman–Crippen MR) is 82.5 cm³/mol. The minimum absolute atomic E-state index is 0.000187. The molecule has 2 N–H and O–H groups in total. The van der Waals surface area contributed by atoms with Crippen LogP contribution in [0.25, 0.3) is 0 Å². The number of carbonyl (C=O) groups excluding carboxylic acids is 2. The molecule has 0 bridgehead atoms. The highest BCUT2D eigenvalue weighted by molar-refractivity contribution is 8.00. The lowest BCUT2D eigenvalue weighted by Crippen LogP contribution is -2.43. The van der Waals surface area contributed by atoms with E-state index in [0.717, 1.165) is 10.6 Å². The van der Waals surface area contributed by atoms with Crippen molar-refractivity contribution in [3.8, 4) is 0 Å². The Balaban J connectivity index is 1.64. The van der Waals surface area contributed by atoms with E-state index in [-0.39, 0.29) is 24.9 Å². The Kier molecular flexibility index (Phi) is 4.10. The van der Waals surface area contributed by atoms with E-state index in [1.165, 1.54) is 16.7 Å². The molecule has 8 heteroatoms. The monoisotopic (exact) mass is 317 g/mol. The van der Waals surface area contributed by atoms with Crippen molar-refractivity contribution < 1.29 is 9.59 Å². The third-order valence-corrected chi connectivity index (χ3v) is 4.24. The highest BCUT2D eigenvalue weighted by Crippen LogP contribution is 2.34. The van der Waals surface area contributed by atoms with E-state index in [4.69, 9.17) is 0 Å². The van der Waals surface area contributed by atoms with Gasteiger partial charge in [0.25, 0.3) is 0 Å². The third kappa shape index (κ3) is 3.11. The SMILES string of the molecule is Cc1nc(CNC(=O)CN2C(=O)CSc3ccccc32)n[nH]1. The average molecular weight is 317 g/mol. The second kappa shape index (κ2) is 6.18. The Bertz CT molecular complexity index is 715. The van der Waals surface area contributed by atoms with Gasteiger partial charge in [-0.3, -0.25) is 14.7 Å². The highest BCUT2D eigenvalue weighted by Gasteiger charge is 2.26. The first-order chi connectivity index (χ1) is 10.6. The maximum Gasteiger partial charge on any atom is 0.240 e. The summed E-state index contributed by atoms with van der Waals surface area (Å²) in [5.74, 6) is 1.27. The van der Waals surface area contributed by atoms with Crippen LogP contribution >= 0.6 is 11.8 Å². The first-order valence-electron chi connectivity index (χ1n) is 6.80. The number of nitrogens with zero attached hydrogens (tertiary/aromatic N) is 3. The van der Waals surface area contributed by atoms with Gasteiger partial charge in [-0.05, 0) is 19.1 Å². The molecule has 3 rings (SSSR count). The van der Waals surface area contributed by atoms with Gasteiger partial charge in [0.2, 0.25) is 11.8 Å². The number of benzene rings is 1. The fraction of sp³-hybridized carbons (Fsp3) is 0.286. The van der Waals surface area contributed by atoms with Crippen molar-refractivity contribution in [1.82, 2.24) is 20.5 Å². The van der Waals surface area contributed by atoms with Gasteiger partial charge in [0, 0.05) is 4.90 Å². The lowest BCUT2D eigenvalue weighted by molar-refractivity contribution is -0.123. The summed E-state index contributed by atoms with van der Waals surface area (Å²) in [5.41, 5.74) is 0.785. The molecule has 1 aromatic carbocycles. The van der Waals surface area contributed by atoms with Gasteiger partial charge < -0.3 is 10.2 Å². The van der Waals surface area contributed by atoms with E-state index in [2.05, 4.69) is 20.5 Å². The number of H-pyrrole nitrogens is 1. The highest BCUT2D eigenvalue weighted by atomic mass is 32.2. The molecule has 0 saturated carbocycles. The van der Waals surface area contributed by atoms with E-state index >= 15 is 0 Å². The number of anilines is 1. The molecule has 0 fully saturated rings. The molecule has 22 heavy (non-hydrogen) atoms. The number of hydrogen-bond donors (Lipinski definition) is 2. The van der Waals surface area contributed by atoms with Gasteiger partial charge in [-0.25, -0.2) is 4.98 Å². The maximum absolute atomic E-state index is 12.1. The Hall–Kier alpha value is -2.35. The minimum atomic E-state index is -0.238. The van der Waals surface area contributed by atoms with E-state index in [1.54, 1.807) is 6.92 Å². The lowest BCUT2D eigenvalue weighted by Gasteiger charge is -2.28. The number of aromatic amines is 1. The molecule has 7 nitrogen and oxygen atoms in total. The Morgan fingerprint density at radius 1 is 1.45 bits per heavy atom. The molecule has 1 aliphatic heterocycles. The van der Waals surface area contributed by atoms with Gasteiger partial charge in [-0.15, -0.1) is 11.8 Å². The molecule has 0 spiro atoms. The Labute approximate surface area is 131 Å². The van der Waals surface area contributed by atoms with Gasteiger partial charge in [0.1, 0.15) is 12.4 Å². The third-order valence-electron chi connectivity index (χ3n) is 3.20. The second-order valence-electron chi connectivity index (χ2n) is 4.85. The summed E-state index contributed by atoms with van der Waals surface area (Å²) >= 11 is 1.49. The van der Waals surface area contributed by atoms with Gasteiger partial charge >= 0.3 is 0 Å². The van der Waals surface area contributed by atoms with Crippen molar-refractivity contribution in [3.63, 3.8) is 0 Å². The van der Waals surface area contributed by atoms with Crippen molar-refractivity contribution in [2.75, 3.05) is 17.2 Å². The summed E-state index contributed by atoms with van der Waals surface area (Å²) in [5, 5.41) is 9.39. The van der Waals surface area contributed by atoms with Crippen LogP contribution in [0.2, 0.25) is 0 Å². The van der Waals surface area contributed by atoms with Gasteiger partial charge in [0.15, 0.2) is 5.82 Å². The largest absolute Gasteiger partial charge is 0.347 e. The zero-order valence-electron chi connectivity index (χ0n) is 12.0. The molecule has 0 aliphatic carbocycles. The number of hydrogen-bond acceptors (Lipinski definition) is 5. The first-order valence-corrected chi connectivity index (χ1v) is 7.79. The number of carbonyl (C=O) groups is 2. The number of thioether (sulfide) groups is 1. The summed E-state index contributed by atoms with van der Waals surface area (Å²) in [6, 6.07) is 7.59. The summed E-state index contributed by atoms with van der Waals surface area (Å²) in [6.45, 7) is 2.03. The predicted octanol–water partition coefficient (Wildman–Crippen LogP) is 0.868. The quantitative estimate of drug-likeness (QED) is 0.873. The van der Waals surface area contributed by atoms with Crippen molar-refractivity contribution >= 4 is 29.3 Å². The zero-order valence-corrected chi connectivity index (χ0v) is 12.8. The molecular weight excluding hydrogens is 302 g/mol. The maximum atomic E-state index is 12.1. The van der Waals surface area contributed by atoms with E-state index in [0.29, 0.717) is 17.4 Å². The molecule has 0 unspecified atom stereocenters. The molecule has 1 aromatic heterocycles. The van der Waals surface area contributed by atoms with Crippen LogP contribution < -0.4 is 10.2 Å². The Morgan fingerprint density at radius 3 is 3.05 bits per heavy atom. The van der Waals surface area contributed by atoms with Crippen LogP contribution in [-0.4, -0.2) is 39.3 Å². The van der Waals surface area contributed by atoms with Crippen LogP contribution in [0, 0.1) is 6.92 Å². The standard InChI is InChI=1S/C14H15N5O2S/c1-9-16-12(18-17-9)6-15-13(20)7-19-10-4-2-3-5-11(10)22-8-14(19)21/h2-5H,6-8H2,1H3,(H,15,20)(H,16,17,18). The molecule has 0 saturated heterocycles. The minimum Gasteiger partial charge on any atom is -0.347 e. The number of nitrogens with one attached hydrogen (secondary N) is 2. The smallest absolute Gasteiger partial charge is 0.240 e. The number of aromatic nitrogens is 3. The van der Waals surface area contributed by atoms with Crippen molar-refractivity contribution in [2.24, 2.45) is 0 Å². The van der Waals surface area contributed by atoms with Crippen molar-refractivity contribution in [2.45, 2.75) is 18.4 Å². The molecule has 114 valence electrons. The average Bonchev–Trinajstić information content (AvgIpc) is 2.94. The topological polar surface area (TPSA) is 91.0 Å². The molecular formula is C14H15N5O2S. The van der Waals surface area contributed by atoms with E-state index < -0.39 is 0 Å². The van der Waals surface area contributed by atoms with Crippen LogP contribution in [0.3, 0.4) is 0 Å². The summed E-state index contributed by atoms with van der Waals surface area (Å²) in [6.07, 6.45) is 0. The first kappa shape index (κ1) is 14.6. The molecule has 0 atom stereocenters. The van der Waals surface area contributed by atoms with Gasteiger partial charge in [-0.1, -0.05) is 12.1 Å². The molecule has 0 radical (unpaired) electrons.